The highest BCUT2D eigenvalue weighted by Crippen LogP contribution is 2.31. The zero-order valence-corrected chi connectivity index (χ0v) is 15.0. The van der Waals surface area contributed by atoms with Crippen LogP contribution in [0.2, 0.25) is 0 Å². The molecule has 0 saturated carbocycles. The lowest BCUT2D eigenvalue weighted by atomic mass is 10.0. The monoisotopic (exact) mass is 353 g/mol. The fraction of sp³-hybridized carbons (Fsp3) is 0.333. The molecule has 0 spiro atoms. The molecule has 2 aromatic carbocycles. The molecule has 2 unspecified atom stereocenters. The maximum absolute atomic E-state index is 12.5. The third kappa shape index (κ3) is 4.04. The number of carbonyl (C=O) groups excluding carboxylic acids is 2. The van der Waals surface area contributed by atoms with Gasteiger partial charge in [0.15, 0.2) is 11.9 Å². The predicted octanol–water partition coefficient (Wildman–Crippen LogP) is 3.69. The van der Waals surface area contributed by atoms with Crippen molar-refractivity contribution in [1.82, 2.24) is 5.32 Å². The van der Waals surface area contributed by atoms with E-state index >= 15 is 0 Å². The van der Waals surface area contributed by atoms with E-state index in [4.69, 9.17) is 9.47 Å². The first-order valence-corrected chi connectivity index (χ1v) is 8.90. The molecular weight excluding hydrogens is 330 g/mol. The number of rotatable bonds is 6. The van der Waals surface area contributed by atoms with Crippen LogP contribution in [0.1, 0.15) is 48.7 Å². The van der Waals surface area contributed by atoms with Crippen LogP contribution in [-0.4, -0.2) is 24.4 Å². The lowest BCUT2D eigenvalue weighted by Crippen LogP contribution is -2.40. The first kappa shape index (κ1) is 18.0. The summed E-state index contributed by atoms with van der Waals surface area (Å²) in [6.45, 7) is 4.11. The third-order valence-electron chi connectivity index (χ3n) is 4.45. The quantitative estimate of drug-likeness (QED) is 0.805. The SMILES string of the molecule is CCC(=O)c1ccc(OC(C)C(=O)NC2CCOc3ccccc32)cc1. The lowest BCUT2D eigenvalue weighted by Gasteiger charge is -2.27. The number of fused-ring (bicyclic) bond motifs is 1. The molecule has 1 amide bonds. The van der Waals surface area contributed by atoms with Gasteiger partial charge >= 0.3 is 0 Å². The zero-order valence-electron chi connectivity index (χ0n) is 15.0. The standard InChI is InChI=1S/C21H23NO4/c1-3-19(23)15-8-10-16(11-9-15)26-14(2)21(24)22-18-12-13-25-20-7-5-4-6-17(18)20/h4-11,14,18H,3,12-13H2,1-2H3,(H,22,24). The Hall–Kier alpha value is -2.82. The van der Waals surface area contributed by atoms with Gasteiger partial charge in [-0.3, -0.25) is 9.59 Å². The fourth-order valence-electron chi connectivity index (χ4n) is 2.96. The van der Waals surface area contributed by atoms with Crippen molar-refractivity contribution in [2.75, 3.05) is 6.61 Å². The number of benzene rings is 2. The average molecular weight is 353 g/mol. The van der Waals surface area contributed by atoms with Crippen molar-refractivity contribution in [3.05, 3.63) is 59.7 Å². The van der Waals surface area contributed by atoms with Gasteiger partial charge in [0.1, 0.15) is 11.5 Å². The van der Waals surface area contributed by atoms with E-state index in [0.29, 0.717) is 24.3 Å². The average Bonchev–Trinajstić information content (AvgIpc) is 2.68. The highest BCUT2D eigenvalue weighted by molar-refractivity contribution is 5.95. The first-order chi connectivity index (χ1) is 12.6. The summed E-state index contributed by atoms with van der Waals surface area (Å²) in [5.41, 5.74) is 1.64. The number of ketones is 1. The molecule has 5 nitrogen and oxygen atoms in total. The number of hydrogen-bond acceptors (Lipinski definition) is 4. The number of hydrogen-bond donors (Lipinski definition) is 1. The van der Waals surface area contributed by atoms with Crippen LogP contribution in [0.25, 0.3) is 0 Å². The van der Waals surface area contributed by atoms with Crippen LogP contribution in [0, 0.1) is 0 Å². The zero-order chi connectivity index (χ0) is 18.5. The van der Waals surface area contributed by atoms with E-state index in [1.807, 2.05) is 31.2 Å². The first-order valence-electron chi connectivity index (χ1n) is 8.90. The van der Waals surface area contributed by atoms with Gasteiger partial charge in [0.05, 0.1) is 12.6 Å². The maximum atomic E-state index is 12.5. The number of ether oxygens (including phenoxy) is 2. The third-order valence-corrected chi connectivity index (χ3v) is 4.45. The minimum absolute atomic E-state index is 0.0805. The van der Waals surface area contributed by atoms with Gasteiger partial charge in [-0.2, -0.15) is 0 Å². The maximum Gasteiger partial charge on any atom is 0.261 e. The van der Waals surface area contributed by atoms with E-state index in [-0.39, 0.29) is 17.7 Å². The minimum atomic E-state index is -0.641. The molecule has 1 N–H and O–H groups in total. The summed E-state index contributed by atoms with van der Waals surface area (Å²) < 4.78 is 11.3. The lowest BCUT2D eigenvalue weighted by molar-refractivity contribution is -0.128. The molecule has 3 rings (SSSR count). The molecule has 26 heavy (non-hydrogen) atoms. The summed E-state index contributed by atoms with van der Waals surface area (Å²) in [7, 11) is 0. The number of Topliss-reactive ketones (excluding diaryl/α,β-unsaturated/α-hetero) is 1. The summed E-state index contributed by atoms with van der Waals surface area (Å²) >= 11 is 0. The van der Waals surface area contributed by atoms with Gasteiger partial charge < -0.3 is 14.8 Å². The molecule has 136 valence electrons. The van der Waals surface area contributed by atoms with Crippen LogP contribution < -0.4 is 14.8 Å². The van der Waals surface area contributed by atoms with Gasteiger partial charge in [-0.05, 0) is 37.3 Å². The largest absolute Gasteiger partial charge is 0.493 e. The van der Waals surface area contributed by atoms with Crippen LogP contribution in [0.15, 0.2) is 48.5 Å². The Balaban J connectivity index is 1.61. The van der Waals surface area contributed by atoms with Gasteiger partial charge in [-0.25, -0.2) is 0 Å². The molecule has 1 aliphatic rings. The number of para-hydroxylation sites is 1. The fourth-order valence-corrected chi connectivity index (χ4v) is 2.96. The van der Waals surface area contributed by atoms with Gasteiger partial charge in [-0.15, -0.1) is 0 Å². The number of amides is 1. The van der Waals surface area contributed by atoms with Crippen molar-refractivity contribution in [2.24, 2.45) is 0 Å². The van der Waals surface area contributed by atoms with E-state index in [1.54, 1.807) is 31.2 Å². The van der Waals surface area contributed by atoms with Gasteiger partial charge in [0, 0.05) is 24.0 Å². The molecule has 1 aliphatic heterocycles. The molecule has 0 aliphatic carbocycles. The van der Waals surface area contributed by atoms with E-state index < -0.39 is 6.10 Å². The van der Waals surface area contributed by atoms with Crippen molar-refractivity contribution in [1.29, 1.82) is 0 Å². The van der Waals surface area contributed by atoms with Crippen LogP contribution in [0.4, 0.5) is 0 Å². The smallest absolute Gasteiger partial charge is 0.261 e. The van der Waals surface area contributed by atoms with Crippen LogP contribution in [0.5, 0.6) is 11.5 Å². The van der Waals surface area contributed by atoms with Crippen LogP contribution in [0.3, 0.4) is 0 Å². The van der Waals surface area contributed by atoms with E-state index in [2.05, 4.69) is 5.32 Å². The minimum Gasteiger partial charge on any atom is -0.493 e. The van der Waals surface area contributed by atoms with Crippen molar-refractivity contribution in [2.45, 2.75) is 38.8 Å². The summed E-state index contributed by atoms with van der Waals surface area (Å²) in [5, 5.41) is 3.04. The van der Waals surface area contributed by atoms with Gasteiger partial charge in [-0.1, -0.05) is 25.1 Å². The summed E-state index contributed by atoms with van der Waals surface area (Å²) in [6.07, 6.45) is 0.548. The number of nitrogens with one attached hydrogen (secondary N) is 1. The Labute approximate surface area is 153 Å². The van der Waals surface area contributed by atoms with Gasteiger partial charge in [0.25, 0.3) is 5.91 Å². The van der Waals surface area contributed by atoms with Crippen molar-refractivity contribution >= 4 is 11.7 Å². The topological polar surface area (TPSA) is 64.6 Å². The molecular formula is C21H23NO4. The Morgan fingerprint density at radius 3 is 2.65 bits per heavy atom. The van der Waals surface area contributed by atoms with Crippen LogP contribution in [-0.2, 0) is 4.79 Å². The van der Waals surface area contributed by atoms with E-state index in [0.717, 1.165) is 17.7 Å². The molecule has 0 aromatic heterocycles. The Morgan fingerprint density at radius 2 is 1.92 bits per heavy atom. The molecule has 2 atom stereocenters. The van der Waals surface area contributed by atoms with Crippen molar-refractivity contribution in [3.8, 4) is 11.5 Å². The summed E-state index contributed by atoms with van der Waals surface area (Å²) in [4.78, 5) is 24.2. The van der Waals surface area contributed by atoms with Gasteiger partial charge in [0.2, 0.25) is 0 Å². The molecule has 0 saturated heterocycles. The van der Waals surface area contributed by atoms with E-state index in [1.165, 1.54) is 0 Å². The Bertz CT molecular complexity index is 785. The molecule has 2 aromatic rings. The molecule has 5 heteroatoms. The highest BCUT2D eigenvalue weighted by Gasteiger charge is 2.25. The Morgan fingerprint density at radius 1 is 1.19 bits per heavy atom. The van der Waals surface area contributed by atoms with Crippen molar-refractivity contribution < 1.29 is 19.1 Å². The molecule has 0 fully saturated rings. The van der Waals surface area contributed by atoms with Crippen LogP contribution >= 0.6 is 0 Å². The molecule has 1 heterocycles. The van der Waals surface area contributed by atoms with Crippen molar-refractivity contribution in [3.63, 3.8) is 0 Å². The second kappa shape index (κ2) is 8.04. The highest BCUT2D eigenvalue weighted by atomic mass is 16.5. The second-order valence-electron chi connectivity index (χ2n) is 6.30. The molecule has 0 radical (unpaired) electrons. The number of carbonyl (C=O) groups is 2. The summed E-state index contributed by atoms with van der Waals surface area (Å²) in [5.74, 6) is 1.28. The second-order valence-corrected chi connectivity index (χ2v) is 6.30. The predicted molar refractivity (Wildman–Crippen MR) is 98.6 cm³/mol. The summed E-state index contributed by atoms with van der Waals surface area (Å²) in [6, 6.07) is 14.5. The molecule has 0 bridgehead atoms. The Kier molecular flexibility index (Phi) is 5.56. The normalized spacial score (nSPS) is 16.8. The van der Waals surface area contributed by atoms with E-state index in [9.17, 15) is 9.59 Å².